The molecule has 1 fully saturated rings. The van der Waals surface area contributed by atoms with Crippen molar-refractivity contribution in [3.8, 4) is 0 Å². The third-order valence-corrected chi connectivity index (χ3v) is 3.54. The summed E-state index contributed by atoms with van der Waals surface area (Å²) >= 11 is 0. The van der Waals surface area contributed by atoms with Crippen LogP contribution >= 0.6 is 0 Å². The van der Waals surface area contributed by atoms with Crippen LogP contribution in [-0.4, -0.2) is 29.4 Å². The Bertz CT molecular complexity index is 203. The highest BCUT2D eigenvalue weighted by molar-refractivity contribution is 5.76. The second-order valence-corrected chi connectivity index (χ2v) is 4.71. The summed E-state index contributed by atoms with van der Waals surface area (Å²) in [5, 5.41) is 7.16. The van der Waals surface area contributed by atoms with Gasteiger partial charge in [-0.15, -0.1) is 0 Å². The van der Waals surface area contributed by atoms with Crippen molar-refractivity contribution in [2.24, 2.45) is 5.73 Å². The van der Waals surface area contributed by atoms with Crippen LogP contribution in [0.15, 0.2) is 0 Å². The molecule has 0 aromatic heterocycles. The van der Waals surface area contributed by atoms with Crippen molar-refractivity contribution in [2.45, 2.75) is 64.5 Å². The molecule has 2 atom stereocenters. The molecule has 0 saturated carbocycles. The fourth-order valence-corrected chi connectivity index (χ4v) is 2.58. The second-order valence-electron chi connectivity index (χ2n) is 4.71. The van der Waals surface area contributed by atoms with E-state index in [0.29, 0.717) is 5.84 Å². The minimum absolute atomic E-state index is 0.330. The summed E-state index contributed by atoms with van der Waals surface area (Å²) in [6.45, 7) is 5.80. The van der Waals surface area contributed by atoms with Gasteiger partial charge in [-0.3, -0.25) is 10.3 Å². The van der Waals surface area contributed by atoms with Gasteiger partial charge in [-0.25, -0.2) is 0 Å². The molecule has 1 rings (SSSR count). The molecule has 3 N–H and O–H groups in total. The Morgan fingerprint density at radius 2 is 2.13 bits per heavy atom. The molecular weight excluding hydrogens is 186 g/mol. The molecule has 1 saturated heterocycles. The van der Waals surface area contributed by atoms with E-state index in [1.807, 2.05) is 0 Å². The monoisotopic (exact) mass is 211 g/mol. The summed E-state index contributed by atoms with van der Waals surface area (Å²) in [6.07, 6.45) is 7.00. The first-order valence-electron chi connectivity index (χ1n) is 6.23. The van der Waals surface area contributed by atoms with Gasteiger partial charge in [0.05, 0.1) is 5.84 Å². The Morgan fingerprint density at radius 3 is 2.73 bits per heavy atom. The molecule has 3 nitrogen and oxygen atoms in total. The maximum atomic E-state index is 7.16. The van der Waals surface area contributed by atoms with Crippen LogP contribution in [0.2, 0.25) is 0 Å². The lowest BCUT2D eigenvalue weighted by atomic mass is 10.1. The van der Waals surface area contributed by atoms with E-state index in [9.17, 15) is 0 Å². The van der Waals surface area contributed by atoms with Crippen LogP contribution in [0.25, 0.3) is 0 Å². The zero-order chi connectivity index (χ0) is 11.3. The maximum absolute atomic E-state index is 7.16. The van der Waals surface area contributed by atoms with Gasteiger partial charge >= 0.3 is 0 Å². The highest BCUT2D eigenvalue weighted by Crippen LogP contribution is 2.26. The first-order valence-corrected chi connectivity index (χ1v) is 6.23. The molecule has 2 unspecified atom stereocenters. The third kappa shape index (κ3) is 3.82. The number of rotatable bonds is 6. The summed E-state index contributed by atoms with van der Waals surface area (Å²) < 4.78 is 0. The smallest absolute Gasteiger partial charge is 0.0905 e. The van der Waals surface area contributed by atoms with Gasteiger partial charge in [0.1, 0.15) is 0 Å². The minimum Gasteiger partial charge on any atom is -0.388 e. The van der Waals surface area contributed by atoms with E-state index in [0.717, 1.165) is 24.9 Å². The van der Waals surface area contributed by atoms with Gasteiger partial charge in [-0.1, -0.05) is 6.92 Å². The van der Waals surface area contributed by atoms with Crippen molar-refractivity contribution in [1.82, 2.24) is 4.90 Å². The molecule has 1 aliphatic heterocycles. The lowest BCUT2D eigenvalue weighted by Crippen LogP contribution is -2.35. The Morgan fingerprint density at radius 1 is 1.40 bits per heavy atom. The van der Waals surface area contributed by atoms with Gasteiger partial charge in [-0.2, -0.15) is 0 Å². The SMILES string of the molecule is CCC1CCC(C)N1CCCCC(=N)N. The topological polar surface area (TPSA) is 53.1 Å². The predicted octanol–water partition coefficient (Wildman–Crippen LogP) is 2.36. The number of nitrogens with one attached hydrogen (secondary N) is 1. The second kappa shape index (κ2) is 6.11. The number of unbranched alkanes of at least 4 members (excludes halogenated alkanes) is 1. The first kappa shape index (κ1) is 12.5. The van der Waals surface area contributed by atoms with Gasteiger partial charge in [0.25, 0.3) is 0 Å². The van der Waals surface area contributed by atoms with Crippen molar-refractivity contribution in [1.29, 1.82) is 5.41 Å². The summed E-state index contributed by atoms with van der Waals surface area (Å²) in [4.78, 5) is 2.64. The van der Waals surface area contributed by atoms with Crippen LogP contribution < -0.4 is 5.73 Å². The molecule has 1 aliphatic rings. The highest BCUT2D eigenvalue weighted by Gasteiger charge is 2.28. The molecule has 15 heavy (non-hydrogen) atoms. The van der Waals surface area contributed by atoms with Crippen molar-refractivity contribution < 1.29 is 0 Å². The first-order chi connectivity index (χ1) is 7.15. The Balaban J connectivity index is 2.21. The van der Waals surface area contributed by atoms with Gasteiger partial charge in [0, 0.05) is 18.5 Å². The molecule has 0 radical (unpaired) electrons. The quantitative estimate of drug-likeness (QED) is 0.402. The molecule has 0 amide bonds. The van der Waals surface area contributed by atoms with Gasteiger partial charge in [0.15, 0.2) is 0 Å². The van der Waals surface area contributed by atoms with Crippen LogP contribution in [0.3, 0.4) is 0 Å². The summed E-state index contributed by atoms with van der Waals surface area (Å²) in [5.74, 6) is 0.330. The van der Waals surface area contributed by atoms with E-state index in [1.54, 1.807) is 0 Å². The van der Waals surface area contributed by atoms with E-state index in [1.165, 1.54) is 32.2 Å². The van der Waals surface area contributed by atoms with Crippen LogP contribution in [0, 0.1) is 5.41 Å². The standard InChI is InChI=1S/C12H25N3/c1-3-11-8-7-10(2)15(11)9-5-4-6-12(13)14/h10-11H,3-9H2,1-2H3,(H3,13,14). The molecule has 0 aliphatic carbocycles. The Kier molecular flexibility index (Phi) is 5.09. The molecule has 3 heteroatoms. The average molecular weight is 211 g/mol. The largest absolute Gasteiger partial charge is 0.388 e. The van der Waals surface area contributed by atoms with E-state index >= 15 is 0 Å². The summed E-state index contributed by atoms with van der Waals surface area (Å²) in [6, 6.07) is 1.56. The number of nitrogens with zero attached hydrogens (tertiary/aromatic N) is 1. The molecule has 0 bridgehead atoms. The van der Waals surface area contributed by atoms with E-state index in [-0.39, 0.29) is 0 Å². The van der Waals surface area contributed by atoms with Crippen molar-refractivity contribution in [3.05, 3.63) is 0 Å². The molecule has 0 aromatic rings. The lowest BCUT2D eigenvalue weighted by Gasteiger charge is -2.27. The number of hydrogen-bond acceptors (Lipinski definition) is 2. The fraction of sp³-hybridized carbons (Fsp3) is 0.917. The van der Waals surface area contributed by atoms with E-state index in [4.69, 9.17) is 11.1 Å². The number of amidine groups is 1. The van der Waals surface area contributed by atoms with Gasteiger partial charge in [-0.05, 0) is 45.6 Å². The molecule has 0 aromatic carbocycles. The highest BCUT2D eigenvalue weighted by atomic mass is 15.2. The zero-order valence-corrected chi connectivity index (χ0v) is 10.1. The minimum atomic E-state index is 0.330. The van der Waals surface area contributed by atoms with E-state index in [2.05, 4.69) is 18.7 Å². The average Bonchev–Trinajstić information content (AvgIpc) is 2.54. The summed E-state index contributed by atoms with van der Waals surface area (Å²) in [5.41, 5.74) is 5.34. The van der Waals surface area contributed by atoms with Crippen LogP contribution in [0.1, 0.15) is 52.4 Å². The van der Waals surface area contributed by atoms with Crippen molar-refractivity contribution >= 4 is 5.84 Å². The van der Waals surface area contributed by atoms with Crippen LogP contribution in [0.5, 0.6) is 0 Å². The van der Waals surface area contributed by atoms with Crippen LogP contribution in [0.4, 0.5) is 0 Å². The third-order valence-electron chi connectivity index (χ3n) is 3.54. The van der Waals surface area contributed by atoms with Gasteiger partial charge < -0.3 is 5.73 Å². The number of likely N-dealkylation sites (tertiary alicyclic amines) is 1. The van der Waals surface area contributed by atoms with Crippen molar-refractivity contribution in [3.63, 3.8) is 0 Å². The molecular formula is C12H25N3. The van der Waals surface area contributed by atoms with E-state index < -0.39 is 0 Å². The maximum Gasteiger partial charge on any atom is 0.0905 e. The Hall–Kier alpha value is -0.570. The molecule has 0 spiro atoms. The summed E-state index contributed by atoms with van der Waals surface area (Å²) in [7, 11) is 0. The zero-order valence-electron chi connectivity index (χ0n) is 10.1. The molecule has 1 heterocycles. The number of hydrogen-bond donors (Lipinski definition) is 2. The predicted molar refractivity (Wildman–Crippen MR) is 65.2 cm³/mol. The normalized spacial score (nSPS) is 27.1. The van der Waals surface area contributed by atoms with Crippen molar-refractivity contribution in [2.75, 3.05) is 6.54 Å². The number of nitrogens with two attached hydrogens (primary N) is 1. The van der Waals surface area contributed by atoms with Gasteiger partial charge in [0.2, 0.25) is 0 Å². The Labute approximate surface area is 93.5 Å². The lowest BCUT2D eigenvalue weighted by molar-refractivity contribution is 0.195. The van der Waals surface area contributed by atoms with Crippen LogP contribution in [-0.2, 0) is 0 Å². The fourth-order valence-electron chi connectivity index (χ4n) is 2.58. The molecule has 88 valence electrons.